The highest BCUT2D eigenvalue weighted by Crippen LogP contribution is 2.38. The van der Waals surface area contributed by atoms with Gasteiger partial charge < -0.3 is 20.3 Å². The van der Waals surface area contributed by atoms with E-state index in [4.69, 9.17) is 9.94 Å². The van der Waals surface area contributed by atoms with Gasteiger partial charge in [0.1, 0.15) is 0 Å². The molecule has 0 aliphatic rings. The molecule has 0 saturated heterocycles. The van der Waals surface area contributed by atoms with Gasteiger partial charge in [0.25, 0.3) is 5.91 Å². The van der Waals surface area contributed by atoms with Crippen LogP contribution in [0.5, 0.6) is 17.2 Å². The van der Waals surface area contributed by atoms with Gasteiger partial charge in [-0.1, -0.05) is 6.07 Å². The third-order valence-electron chi connectivity index (χ3n) is 2.32. The van der Waals surface area contributed by atoms with E-state index in [-0.39, 0.29) is 35.8 Å². The molecule has 1 aromatic carbocycles. The van der Waals surface area contributed by atoms with E-state index in [9.17, 15) is 19.8 Å². The van der Waals surface area contributed by atoms with Crippen molar-refractivity contribution in [3.8, 4) is 17.2 Å². The molecule has 8 nitrogen and oxygen atoms in total. The predicted molar refractivity (Wildman–Crippen MR) is 63.0 cm³/mol. The molecule has 104 valence electrons. The number of hydroxylamine groups is 1. The lowest BCUT2D eigenvalue weighted by molar-refractivity contribution is -0.131. The van der Waals surface area contributed by atoms with Crippen LogP contribution >= 0.6 is 0 Å². The van der Waals surface area contributed by atoms with Crippen molar-refractivity contribution in [2.24, 2.45) is 0 Å². The Bertz CT molecular complexity index is 488. The summed E-state index contributed by atoms with van der Waals surface area (Å²) < 4.78 is 4.78. The molecule has 0 fully saturated rings. The number of phenols is 2. The van der Waals surface area contributed by atoms with Gasteiger partial charge in [-0.3, -0.25) is 14.8 Å². The molecule has 1 aromatic rings. The Balaban J connectivity index is 2.72. The van der Waals surface area contributed by atoms with Crippen LogP contribution in [-0.2, 0) is 16.0 Å². The highest BCUT2D eigenvalue weighted by molar-refractivity contribution is 5.85. The number of methoxy groups -OCH3 is 1. The summed E-state index contributed by atoms with van der Waals surface area (Å²) in [5, 5.41) is 29.6. The van der Waals surface area contributed by atoms with E-state index in [0.717, 1.165) is 0 Å². The SMILES string of the molecule is COc1c(O)ccc(CC(=O)NCC(=O)NO)c1O. The zero-order valence-corrected chi connectivity index (χ0v) is 10.1. The van der Waals surface area contributed by atoms with E-state index in [1.54, 1.807) is 0 Å². The van der Waals surface area contributed by atoms with E-state index in [1.165, 1.54) is 24.7 Å². The Kier molecular flexibility index (Phi) is 4.95. The van der Waals surface area contributed by atoms with Crippen molar-refractivity contribution in [2.45, 2.75) is 6.42 Å². The van der Waals surface area contributed by atoms with Crippen LogP contribution in [-0.4, -0.2) is 40.9 Å². The molecule has 5 N–H and O–H groups in total. The van der Waals surface area contributed by atoms with Gasteiger partial charge in [-0.2, -0.15) is 0 Å². The smallest absolute Gasteiger partial charge is 0.262 e. The average Bonchev–Trinajstić information content (AvgIpc) is 2.40. The van der Waals surface area contributed by atoms with Crippen molar-refractivity contribution in [2.75, 3.05) is 13.7 Å². The number of phenolic OH excluding ortho intramolecular Hbond substituents is 2. The van der Waals surface area contributed by atoms with Crippen molar-refractivity contribution in [3.63, 3.8) is 0 Å². The fraction of sp³-hybridized carbons (Fsp3) is 0.273. The molecule has 2 amide bonds. The average molecular weight is 270 g/mol. The molecule has 0 saturated carbocycles. The van der Waals surface area contributed by atoms with Crippen LogP contribution in [0.4, 0.5) is 0 Å². The summed E-state index contributed by atoms with van der Waals surface area (Å²) in [6, 6.07) is 2.64. The fourth-order valence-corrected chi connectivity index (χ4v) is 1.40. The van der Waals surface area contributed by atoms with E-state index < -0.39 is 11.8 Å². The summed E-state index contributed by atoms with van der Waals surface area (Å²) in [5.74, 6) is -2.01. The Morgan fingerprint density at radius 2 is 1.95 bits per heavy atom. The number of rotatable bonds is 5. The Morgan fingerprint density at radius 3 is 2.53 bits per heavy atom. The molecule has 0 spiro atoms. The largest absolute Gasteiger partial charge is 0.504 e. The lowest BCUT2D eigenvalue weighted by Gasteiger charge is -2.10. The Morgan fingerprint density at radius 1 is 1.26 bits per heavy atom. The summed E-state index contributed by atoms with van der Waals surface area (Å²) in [6.45, 7) is -0.384. The molecule has 0 aromatic heterocycles. The van der Waals surface area contributed by atoms with Crippen LogP contribution in [0.3, 0.4) is 0 Å². The molecular formula is C11H14N2O6. The van der Waals surface area contributed by atoms with Gasteiger partial charge in [0, 0.05) is 5.56 Å². The fourth-order valence-electron chi connectivity index (χ4n) is 1.40. The van der Waals surface area contributed by atoms with E-state index in [2.05, 4.69) is 5.32 Å². The lowest BCUT2D eigenvalue weighted by atomic mass is 10.1. The molecule has 0 aliphatic carbocycles. The van der Waals surface area contributed by atoms with Crippen molar-refractivity contribution >= 4 is 11.8 Å². The summed E-state index contributed by atoms with van der Waals surface area (Å²) in [7, 11) is 1.27. The van der Waals surface area contributed by atoms with Gasteiger partial charge >= 0.3 is 0 Å². The number of ether oxygens (including phenoxy) is 1. The van der Waals surface area contributed by atoms with E-state index >= 15 is 0 Å². The molecule has 0 unspecified atom stereocenters. The number of benzene rings is 1. The van der Waals surface area contributed by atoms with Crippen LogP contribution in [0.2, 0.25) is 0 Å². The second kappa shape index (κ2) is 6.45. The third kappa shape index (κ3) is 3.75. The Labute approximate surface area is 108 Å². The number of nitrogens with one attached hydrogen (secondary N) is 2. The number of hydrogen-bond donors (Lipinski definition) is 5. The molecular weight excluding hydrogens is 256 g/mol. The number of carbonyl (C=O) groups excluding carboxylic acids is 2. The first-order chi connectivity index (χ1) is 8.99. The lowest BCUT2D eigenvalue weighted by Crippen LogP contribution is -2.36. The van der Waals surface area contributed by atoms with Crippen molar-refractivity contribution in [3.05, 3.63) is 17.7 Å². The zero-order valence-electron chi connectivity index (χ0n) is 10.1. The molecule has 0 radical (unpaired) electrons. The van der Waals surface area contributed by atoms with Crippen molar-refractivity contribution in [1.82, 2.24) is 10.8 Å². The number of amides is 2. The highest BCUT2D eigenvalue weighted by atomic mass is 16.5. The Hall–Kier alpha value is -2.48. The first kappa shape index (κ1) is 14.6. The van der Waals surface area contributed by atoms with Gasteiger partial charge in [-0.25, -0.2) is 5.48 Å². The monoisotopic (exact) mass is 270 g/mol. The second-order valence-corrected chi connectivity index (χ2v) is 3.61. The molecule has 0 bridgehead atoms. The summed E-state index contributed by atoms with van der Waals surface area (Å²) in [4.78, 5) is 22.2. The summed E-state index contributed by atoms with van der Waals surface area (Å²) in [5.41, 5.74) is 1.60. The molecule has 19 heavy (non-hydrogen) atoms. The van der Waals surface area contributed by atoms with Crippen LogP contribution < -0.4 is 15.5 Å². The van der Waals surface area contributed by atoms with Crippen LogP contribution in [0.15, 0.2) is 12.1 Å². The quantitative estimate of drug-likeness (QED) is 0.354. The maximum absolute atomic E-state index is 11.5. The van der Waals surface area contributed by atoms with E-state index in [1.807, 2.05) is 0 Å². The summed E-state index contributed by atoms with van der Waals surface area (Å²) >= 11 is 0. The van der Waals surface area contributed by atoms with Crippen molar-refractivity contribution in [1.29, 1.82) is 0 Å². The maximum atomic E-state index is 11.5. The standard InChI is InChI=1S/C11H14N2O6/c1-19-11-7(14)3-2-6(10(11)17)4-8(15)12-5-9(16)13-18/h2-3,14,17-18H,4-5H2,1H3,(H,12,15)(H,13,16). The molecule has 0 heterocycles. The topological polar surface area (TPSA) is 128 Å². The summed E-state index contributed by atoms with van der Waals surface area (Å²) in [6.07, 6.45) is -0.207. The maximum Gasteiger partial charge on any atom is 0.262 e. The first-order valence-electron chi connectivity index (χ1n) is 5.27. The predicted octanol–water partition coefficient (Wildman–Crippen LogP) is -0.730. The zero-order chi connectivity index (χ0) is 14.4. The normalized spacial score (nSPS) is 9.79. The number of aromatic hydroxyl groups is 2. The van der Waals surface area contributed by atoms with Crippen LogP contribution in [0.1, 0.15) is 5.56 Å². The number of hydrogen-bond acceptors (Lipinski definition) is 6. The molecule has 0 aliphatic heterocycles. The molecule has 0 atom stereocenters. The van der Waals surface area contributed by atoms with Gasteiger partial charge in [0.2, 0.25) is 11.7 Å². The van der Waals surface area contributed by atoms with Gasteiger partial charge in [-0.15, -0.1) is 0 Å². The van der Waals surface area contributed by atoms with Crippen LogP contribution in [0.25, 0.3) is 0 Å². The molecule has 8 heteroatoms. The highest BCUT2D eigenvalue weighted by Gasteiger charge is 2.15. The van der Waals surface area contributed by atoms with Gasteiger partial charge in [0.15, 0.2) is 11.5 Å². The van der Waals surface area contributed by atoms with E-state index in [0.29, 0.717) is 0 Å². The minimum atomic E-state index is -0.763. The minimum Gasteiger partial charge on any atom is -0.504 e. The third-order valence-corrected chi connectivity index (χ3v) is 2.32. The van der Waals surface area contributed by atoms with Crippen LogP contribution in [0, 0.1) is 0 Å². The number of carbonyl (C=O) groups is 2. The van der Waals surface area contributed by atoms with Gasteiger partial charge in [0.05, 0.1) is 20.1 Å². The molecule has 1 rings (SSSR count). The second-order valence-electron chi connectivity index (χ2n) is 3.61. The first-order valence-corrected chi connectivity index (χ1v) is 5.27. The van der Waals surface area contributed by atoms with Crippen molar-refractivity contribution < 1.29 is 29.7 Å². The van der Waals surface area contributed by atoms with Gasteiger partial charge in [-0.05, 0) is 6.07 Å². The minimum absolute atomic E-state index is 0.126.